The topological polar surface area (TPSA) is 73.1 Å². The van der Waals surface area contributed by atoms with E-state index in [-0.39, 0.29) is 0 Å². The first-order valence-electron chi connectivity index (χ1n) is 5.20. The summed E-state index contributed by atoms with van der Waals surface area (Å²) in [5.74, 6) is 1.07. The van der Waals surface area contributed by atoms with Crippen molar-refractivity contribution in [1.29, 1.82) is 0 Å². The summed E-state index contributed by atoms with van der Waals surface area (Å²) in [5, 5.41) is 3.13. The van der Waals surface area contributed by atoms with Gasteiger partial charge < -0.3 is 15.8 Å². The first-order chi connectivity index (χ1) is 8.28. The lowest BCUT2D eigenvalue weighted by Gasteiger charge is -2.06. The molecule has 1 aromatic heterocycles. The number of hydrogen-bond donors (Lipinski definition) is 2. The summed E-state index contributed by atoms with van der Waals surface area (Å²) in [6.07, 6.45) is 3.11. The Kier molecular flexibility index (Phi) is 3.52. The standard InChI is InChI=1S/C12H14N4O/c1-17-8-9-2-4-10(5-3-9)16-12-7-14-11(13)6-15-12/h2-7H,8H2,1H3,(H2,13,14)(H,15,16). The molecule has 1 aromatic carbocycles. The Morgan fingerprint density at radius 2 is 1.94 bits per heavy atom. The van der Waals surface area contributed by atoms with Crippen LogP contribution in [0.2, 0.25) is 0 Å². The van der Waals surface area contributed by atoms with Gasteiger partial charge in [-0.15, -0.1) is 0 Å². The van der Waals surface area contributed by atoms with Crippen LogP contribution in [0.5, 0.6) is 0 Å². The molecule has 5 nitrogen and oxygen atoms in total. The molecule has 3 N–H and O–H groups in total. The van der Waals surface area contributed by atoms with Crippen molar-refractivity contribution in [3.8, 4) is 0 Å². The van der Waals surface area contributed by atoms with Gasteiger partial charge in [0, 0.05) is 12.8 Å². The van der Waals surface area contributed by atoms with Gasteiger partial charge >= 0.3 is 0 Å². The Labute approximate surface area is 99.7 Å². The molecule has 0 radical (unpaired) electrons. The van der Waals surface area contributed by atoms with E-state index in [2.05, 4.69) is 15.3 Å². The van der Waals surface area contributed by atoms with Crippen molar-refractivity contribution in [3.63, 3.8) is 0 Å². The SMILES string of the molecule is COCc1ccc(Nc2cnc(N)cn2)cc1. The van der Waals surface area contributed by atoms with Gasteiger partial charge in [-0.3, -0.25) is 0 Å². The fourth-order valence-corrected chi connectivity index (χ4v) is 1.40. The average molecular weight is 230 g/mol. The maximum atomic E-state index is 5.46. The molecule has 88 valence electrons. The maximum Gasteiger partial charge on any atom is 0.149 e. The average Bonchev–Trinajstić information content (AvgIpc) is 2.35. The van der Waals surface area contributed by atoms with E-state index < -0.39 is 0 Å². The van der Waals surface area contributed by atoms with E-state index in [1.54, 1.807) is 13.3 Å². The Balaban J connectivity index is 2.05. The second kappa shape index (κ2) is 5.27. The zero-order valence-electron chi connectivity index (χ0n) is 9.55. The molecule has 0 unspecified atom stereocenters. The normalized spacial score (nSPS) is 10.2. The summed E-state index contributed by atoms with van der Waals surface area (Å²) in [6, 6.07) is 7.92. The van der Waals surface area contributed by atoms with Crippen molar-refractivity contribution in [2.45, 2.75) is 6.61 Å². The van der Waals surface area contributed by atoms with Crippen molar-refractivity contribution in [2.24, 2.45) is 0 Å². The van der Waals surface area contributed by atoms with E-state index >= 15 is 0 Å². The number of nitrogen functional groups attached to an aromatic ring is 1. The highest BCUT2D eigenvalue weighted by Crippen LogP contribution is 2.15. The molecule has 2 rings (SSSR count). The second-order valence-corrected chi connectivity index (χ2v) is 3.58. The van der Waals surface area contributed by atoms with Gasteiger partial charge in [-0.05, 0) is 17.7 Å². The highest BCUT2D eigenvalue weighted by Gasteiger charge is 1.97. The number of rotatable bonds is 4. The molecule has 17 heavy (non-hydrogen) atoms. The van der Waals surface area contributed by atoms with Crippen molar-refractivity contribution in [2.75, 3.05) is 18.2 Å². The zero-order valence-corrected chi connectivity index (χ0v) is 9.55. The van der Waals surface area contributed by atoms with E-state index in [9.17, 15) is 0 Å². The van der Waals surface area contributed by atoms with Gasteiger partial charge in [0.1, 0.15) is 11.6 Å². The number of ether oxygens (including phenoxy) is 1. The van der Waals surface area contributed by atoms with E-state index in [1.165, 1.54) is 6.20 Å². The number of hydrogen-bond acceptors (Lipinski definition) is 5. The Bertz CT molecular complexity index is 467. The molecule has 0 saturated heterocycles. The minimum absolute atomic E-state index is 0.408. The highest BCUT2D eigenvalue weighted by atomic mass is 16.5. The molecule has 0 bridgehead atoms. The number of methoxy groups -OCH3 is 1. The van der Waals surface area contributed by atoms with Crippen molar-refractivity contribution in [3.05, 3.63) is 42.2 Å². The zero-order chi connectivity index (χ0) is 12.1. The van der Waals surface area contributed by atoms with Crippen molar-refractivity contribution >= 4 is 17.3 Å². The number of nitrogens with one attached hydrogen (secondary N) is 1. The van der Waals surface area contributed by atoms with Crippen LogP contribution in [0, 0.1) is 0 Å². The van der Waals surface area contributed by atoms with Gasteiger partial charge in [0.05, 0.1) is 19.0 Å². The summed E-state index contributed by atoms with van der Waals surface area (Å²) >= 11 is 0. The van der Waals surface area contributed by atoms with E-state index in [0.717, 1.165) is 11.3 Å². The fraction of sp³-hybridized carbons (Fsp3) is 0.167. The first kappa shape index (κ1) is 11.3. The third-order valence-corrected chi connectivity index (χ3v) is 2.21. The molecule has 1 heterocycles. The number of benzene rings is 1. The lowest BCUT2D eigenvalue weighted by molar-refractivity contribution is 0.185. The van der Waals surface area contributed by atoms with Gasteiger partial charge in [0.15, 0.2) is 0 Å². The molecule has 0 aliphatic carbocycles. The molecule has 5 heteroatoms. The highest BCUT2D eigenvalue weighted by molar-refractivity contribution is 5.56. The molecule has 0 amide bonds. The predicted molar refractivity (Wildman–Crippen MR) is 66.9 cm³/mol. The van der Waals surface area contributed by atoms with Crippen molar-refractivity contribution in [1.82, 2.24) is 9.97 Å². The van der Waals surface area contributed by atoms with Crippen LogP contribution in [0.4, 0.5) is 17.3 Å². The van der Waals surface area contributed by atoms with Crippen LogP contribution in [-0.4, -0.2) is 17.1 Å². The van der Waals surface area contributed by atoms with Crippen LogP contribution >= 0.6 is 0 Å². The monoisotopic (exact) mass is 230 g/mol. The molecule has 0 aliphatic rings. The van der Waals surface area contributed by atoms with Gasteiger partial charge in [0.25, 0.3) is 0 Å². The quantitative estimate of drug-likeness (QED) is 0.839. The summed E-state index contributed by atoms with van der Waals surface area (Å²) in [6.45, 7) is 0.613. The van der Waals surface area contributed by atoms with Crippen LogP contribution in [0.25, 0.3) is 0 Å². The number of nitrogens with zero attached hydrogens (tertiary/aromatic N) is 2. The van der Waals surface area contributed by atoms with Crippen LogP contribution in [0.1, 0.15) is 5.56 Å². The Morgan fingerprint density at radius 1 is 1.18 bits per heavy atom. The molecule has 0 spiro atoms. The molecular formula is C12H14N4O. The van der Waals surface area contributed by atoms with Crippen molar-refractivity contribution < 1.29 is 4.74 Å². The fourth-order valence-electron chi connectivity index (χ4n) is 1.40. The largest absolute Gasteiger partial charge is 0.382 e. The Morgan fingerprint density at radius 3 is 2.53 bits per heavy atom. The van der Waals surface area contributed by atoms with Gasteiger partial charge in [-0.1, -0.05) is 12.1 Å². The number of anilines is 3. The molecule has 0 fully saturated rings. The lowest BCUT2D eigenvalue weighted by atomic mass is 10.2. The predicted octanol–water partition coefficient (Wildman–Crippen LogP) is 1.95. The van der Waals surface area contributed by atoms with Gasteiger partial charge in [-0.25, -0.2) is 9.97 Å². The van der Waals surface area contributed by atoms with E-state index in [4.69, 9.17) is 10.5 Å². The maximum absolute atomic E-state index is 5.46. The first-order valence-corrected chi connectivity index (χ1v) is 5.20. The third-order valence-electron chi connectivity index (χ3n) is 2.21. The van der Waals surface area contributed by atoms with Gasteiger partial charge in [0.2, 0.25) is 0 Å². The van der Waals surface area contributed by atoms with Crippen LogP contribution < -0.4 is 11.1 Å². The lowest BCUT2D eigenvalue weighted by Crippen LogP contribution is -1.97. The molecule has 0 saturated carbocycles. The van der Waals surface area contributed by atoms with Crippen LogP contribution in [-0.2, 0) is 11.3 Å². The smallest absolute Gasteiger partial charge is 0.149 e. The minimum atomic E-state index is 0.408. The Hall–Kier alpha value is -2.14. The minimum Gasteiger partial charge on any atom is -0.382 e. The molecule has 0 aliphatic heterocycles. The third kappa shape index (κ3) is 3.15. The molecule has 0 atom stereocenters. The molecule has 2 aromatic rings. The number of aromatic nitrogens is 2. The summed E-state index contributed by atoms with van der Waals surface area (Å²) in [5.41, 5.74) is 7.53. The summed E-state index contributed by atoms with van der Waals surface area (Å²) < 4.78 is 5.04. The summed E-state index contributed by atoms with van der Waals surface area (Å²) in [4.78, 5) is 8.06. The second-order valence-electron chi connectivity index (χ2n) is 3.58. The number of nitrogens with two attached hydrogens (primary N) is 1. The van der Waals surface area contributed by atoms with Gasteiger partial charge in [-0.2, -0.15) is 0 Å². The van der Waals surface area contributed by atoms with Crippen LogP contribution in [0.3, 0.4) is 0 Å². The van der Waals surface area contributed by atoms with E-state index in [0.29, 0.717) is 18.2 Å². The van der Waals surface area contributed by atoms with Crippen LogP contribution in [0.15, 0.2) is 36.7 Å². The summed E-state index contributed by atoms with van der Waals surface area (Å²) in [7, 11) is 1.68. The molecular weight excluding hydrogens is 216 g/mol. The van der Waals surface area contributed by atoms with E-state index in [1.807, 2.05) is 24.3 Å².